The second kappa shape index (κ2) is 7.87. The van der Waals surface area contributed by atoms with Crippen LogP contribution in [0.5, 0.6) is 0 Å². The molecule has 1 aromatic heterocycles. The van der Waals surface area contributed by atoms with E-state index in [1.807, 2.05) is 30.3 Å². The molecule has 2 saturated heterocycles. The molecule has 7 nitrogen and oxygen atoms in total. The highest BCUT2D eigenvalue weighted by atomic mass is 16.6. The van der Waals surface area contributed by atoms with Gasteiger partial charge in [0.15, 0.2) is 0 Å². The van der Waals surface area contributed by atoms with Gasteiger partial charge in [-0.3, -0.25) is 4.79 Å². The maximum Gasteiger partial charge on any atom is 0.349 e. The van der Waals surface area contributed by atoms with Crippen LogP contribution in [0.15, 0.2) is 45.6 Å². The second-order valence-corrected chi connectivity index (χ2v) is 7.29. The number of rotatable bonds is 5. The van der Waals surface area contributed by atoms with Gasteiger partial charge in [-0.25, -0.2) is 4.79 Å². The minimum atomic E-state index is -0.692. The largest absolute Gasteiger partial charge is 0.427 e. The Morgan fingerprint density at radius 1 is 1.14 bits per heavy atom. The fraction of sp³-hybridized carbons (Fsp3) is 0.429. The van der Waals surface area contributed by atoms with Crippen molar-refractivity contribution in [3.8, 4) is 0 Å². The Labute approximate surface area is 162 Å². The molecule has 0 aliphatic carbocycles. The Balaban J connectivity index is 1.44. The molecule has 2 N–H and O–H groups in total. The van der Waals surface area contributed by atoms with Gasteiger partial charge >= 0.3 is 5.63 Å². The fourth-order valence-corrected chi connectivity index (χ4v) is 3.82. The minimum absolute atomic E-state index is 0.00884. The van der Waals surface area contributed by atoms with Gasteiger partial charge in [-0.2, -0.15) is 0 Å². The zero-order valence-corrected chi connectivity index (χ0v) is 15.6. The van der Waals surface area contributed by atoms with E-state index in [4.69, 9.17) is 13.9 Å². The van der Waals surface area contributed by atoms with Crippen molar-refractivity contribution in [1.29, 1.82) is 0 Å². The Morgan fingerprint density at radius 3 is 2.64 bits per heavy atom. The molecule has 0 saturated carbocycles. The number of ether oxygens (including phenoxy) is 2. The van der Waals surface area contributed by atoms with Crippen LogP contribution < -0.4 is 10.9 Å². The molecule has 0 spiro atoms. The summed E-state index contributed by atoms with van der Waals surface area (Å²) in [6, 6.07) is 11.3. The topological polar surface area (TPSA) is 98.0 Å². The third kappa shape index (κ3) is 3.73. The molecule has 4 rings (SSSR count). The highest BCUT2D eigenvalue weighted by Crippen LogP contribution is 2.27. The van der Waals surface area contributed by atoms with Gasteiger partial charge in [0.05, 0.1) is 19.3 Å². The Bertz CT molecular complexity index is 909. The summed E-state index contributed by atoms with van der Waals surface area (Å²) in [5.74, 6) is 0.0366. The zero-order valence-electron chi connectivity index (χ0n) is 15.6. The van der Waals surface area contributed by atoms with E-state index in [1.54, 1.807) is 13.0 Å². The maximum atomic E-state index is 12.7. The zero-order chi connectivity index (χ0) is 19.7. The molecule has 3 heterocycles. The van der Waals surface area contributed by atoms with Crippen LogP contribution in [0.2, 0.25) is 0 Å². The number of aryl methyl sites for hydroxylation is 3. The molecule has 2 fully saturated rings. The first-order valence-electron chi connectivity index (χ1n) is 9.42. The van der Waals surface area contributed by atoms with Gasteiger partial charge in [0.2, 0.25) is 0 Å². The van der Waals surface area contributed by atoms with Crippen molar-refractivity contribution < 1.29 is 23.8 Å². The average Bonchev–Trinajstić information content (AvgIpc) is 3.24. The van der Waals surface area contributed by atoms with Crippen LogP contribution in [-0.2, 0) is 22.3 Å². The smallest absolute Gasteiger partial charge is 0.349 e. The van der Waals surface area contributed by atoms with E-state index in [-0.39, 0.29) is 18.8 Å². The van der Waals surface area contributed by atoms with E-state index >= 15 is 0 Å². The third-order valence-corrected chi connectivity index (χ3v) is 5.27. The molecule has 4 atom stereocenters. The van der Waals surface area contributed by atoms with Gasteiger partial charge in [0, 0.05) is 6.42 Å². The number of nitrogens with one attached hydrogen (secondary N) is 1. The van der Waals surface area contributed by atoms with E-state index in [0.717, 1.165) is 12.0 Å². The number of benzene rings is 1. The summed E-state index contributed by atoms with van der Waals surface area (Å²) in [4.78, 5) is 25.1. The predicted molar refractivity (Wildman–Crippen MR) is 100 cm³/mol. The molecular weight excluding hydrogens is 362 g/mol. The van der Waals surface area contributed by atoms with E-state index in [0.29, 0.717) is 17.7 Å². The molecule has 1 amide bonds. The van der Waals surface area contributed by atoms with Crippen LogP contribution in [0, 0.1) is 6.92 Å². The summed E-state index contributed by atoms with van der Waals surface area (Å²) >= 11 is 0. The van der Waals surface area contributed by atoms with Gasteiger partial charge in [-0.15, -0.1) is 0 Å². The van der Waals surface area contributed by atoms with Crippen molar-refractivity contribution in [1.82, 2.24) is 5.32 Å². The Hall–Kier alpha value is -2.48. The van der Waals surface area contributed by atoms with Crippen LogP contribution >= 0.6 is 0 Å². The summed E-state index contributed by atoms with van der Waals surface area (Å²) in [6.45, 7) is 2.14. The quantitative estimate of drug-likeness (QED) is 0.797. The van der Waals surface area contributed by atoms with Crippen molar-refractivity contribution in [3.05, 3.63) is 69.3 Å². The number of carbonyl (C=O) groups excluding carboxylic acids is 1. The number of aliphatic hydroxyl groups is 1. The SMILES string of the molecule is Cc1cc(CCc2ccccc2)oc(=O)c1C(=O)N[C@@H]1CO[C@H]2[C@@H]1OC[C@H]2O. The first kappa shape index (κ1) is 18.9. The molecule has 2 aliphatic rings. The van der Waals surface area contributed by atoms with E-state index in [1.165, 1.54) is 0 Å². The molecule has 0 bridgehead atoms. The number of carbonyl (C=O) groups is 1. The number of hydrogen-bond acceptors (Lipinski definition) is 6. The van der Waals surface area contributed by atoms with E-state index in [9.17, 15) is 14.7 Å². The van der Waals surface area contributed by atoms with Gasteiger partial charge in [0.1, 0.15) is 29.6 Å². The standard InChI is InChI=1S/C21H23NO6/c1-12-9-14(8-7-13-5-3-2-4-6-13)28-21(25)17(12)20(24)22-15-10-26-19-16(23)11-27-18(15)19/h2-6,9,15-16,18-19,23H,7-8,10-11H2,1H3,(H,22,24)/t15-,16-,18-,19-/m1/s1. The highest BCUT2D eigenvalue weighted by molar-refractivity contribution is 5.95. The van der Waals surface area contributed by atoms with Crippen LogP contribution in [0.3, 0.4) is 0 Å². The van der Waals surface area contributed by atoms with Crippen LogP contribution in [0.25, 0.3) is 0 Å². The van der Waals surface area contributed by atoms with Crippen LogP contribution in [0.4, 0.5) is 0 Å². The molecule has 7 heteroatoms. The average molecular weight is 385 g/mol. The Kier molecular flexibility index (Phi) is 5.30. The summed E-state index contributed by atoms with van der Waals surface area (Å²) in [6.07, 6.45) is -0.215. The van der Waals surface area contributed by atoms with E-state index in [2.05, 4.69) is 5.32 Å². The lowest BCUT2D eigenvalue weighted by atomic mass is 10.0. The summed E-state index contributed by atoms with van der Waals surface area (Å²) in [7, 11) is 0. The van der Waals surface area contributed by atoms with Gasteiger partial charge in [-0.05, 0) is 30.5 Å². The molecule has 0 unspecified atom stereocenters. The Morgan fingerprint density at radius 2 is 1.89 bits per heavy atom. The third-order valence-electron chi connectivity index (χ3n) is 5.27. The van der Waals surface area contributed by atoms with Crippen molar-refractivity contribution >= 4 is 5.91 Å². The number of aliphatic hydroxyl groups excluding tert-OH is 1. The highest BCUT2D eigenvalue weighted by Gasteiger charge is 2.47. The molecule has 1 aromatic carbocycles. The molecule has 148 valence electrons. The van der Waals surface area contributed by atoms with Crippen molar-refractivity contribution in [2.45, 2.75) is 44.1 Å². The molecule has 0 radical (unpaired) electrons. The lowest BCUT2D eigenvalue weighted by Crippen LogP contribution is -2.45. The number of hydrogen-bond donors (Lipinski definition) is 2. The first-order chi connectivity index (χ1) is 13.5. The lowest BCUT2D eigenvalue weighted by Gasteiger charge is -2.17. The van der Waals surface area contributed by atoms with Crippen molar-refractivity contribution in [2.75, 3.05) is 13.2 Å². The summed E-state index contributed by atoms with van der Waals surface area (Å²) < 4.78 is 16.4. The number of fused-ring (bicyclic) bond motifs is 1. The molecule has 28 heavy (non-hydrogen) atoms. The summed E-state index contributed by atoms with van der Waals surface area (Å²) in [5, 5.41) is 12.6. The van der Waals surface area contributed by atoms with Gasteiger partial charge in [0.25, 0.3) is 5.91 Å². The van der Waals surface area contributed by atoms with Crippen molar-refractivity contribution in [3.63, 3.8) is 0 Å². The van der Waals surface area contributed by atoms with E-state index < -0.39 is 35.9 Å². The second-order valence-electron chi connectivity index (χ2n) is 7.29. The van der Waals surface area contributed by atoms with Gasteiger partial charge in [-0.1, -0.05) is 30.3 Å². The summed E-state index contributed by atoms with van der Waals surface area (Å²) in [5.41, 5.74) is 1.06. The van der Waals surface area contributed by atoms with Crippen molar-refractivity contribution in [2.24, 2.45) is 0 Å². The molecular formula is C21H23NO6. The van der Waals surface area contributed by atoms with Gasteiger partial charge < -0.3 is 24.3 Å². The monoisotopic (exact) mass is 385 g/mol. The first-order valence-corrected chi connectivity index (χ1v) is 9.42. The maximum absolute atomic E-state index is 12.7. The lowest BCUT2D eigenvalue weighted by molar-refractivity contribution is 0.0178. The van der Waals surface area contributed by atoms with Crippen LogP contribution in [-0.4, -0.2) is 48.6 Å². The number of amides is 1. The fourth-order valence-electron chi connectivity index (χ4n) is 3.82. The minimum Gasteiger partial charge on any atom is -0.427 e. The van der Waals surface area contributed by atoms with Crippen LogP contribution in [0.1, 0.15) is 27.2 Å². The molecule has 2 aromatic rings. The molecule has 2 aliphatic heterocycles. The predicted octanol–water partition coefficient (Wildman–Crippen LogP) is 0.990. The normalized spacial score (nSPS) is 26.2.